The zero-order valence-electron chi connectivity index (χ0n) is 10.2. The molecule has 1 saturated heterocycles. The van der Waals surface area contributed by atoms with Crippen molar-refractivity contribution >= 4 is 5.69 Å². The van der Waals surface area contributed by atoms with Crippen LogP contribution in [0.25, 0.3) is 0 Å². The number of piperidine rings is 1. The summed E-state index contributed by atoms with van der Waals surface area (Å²) >= 11 is 0. The molecule has 1 fully saturated rings. The molecule has 1 atom stereocenters. The van der Waals surface area contributed by atoms with Crippen LogP contribution < -0.4 is 4.90 Å². The number of nitriles is 1. The quantitative estimate of drug-likeness (QED) is 0.847. The van der Waals surface area contributed by atoms with Crippen LogP contribution in [-0.4, -0.2) is 24.3 Å². The van der Waals surface area contributed by atoms with Crippen molar-refractivity contribution in [3.05, 3.63) is 29.3 Å². The fraction of sp³-hybridized carbons (Fsp3) is 0.500. The van der Waals surface area contributed by atoms with Crippen molar-refractivity contribution in [3.63, 3.8) is 0 Å². The molecule has 0 bridgehead atoms. The van der Waals surface area contributed by atoms with Crippen LogP contribution in [0.2, 0.25) is 0 Å². The maximum absolute atomic E-state index is 9.43. The highest BCUT2D eigenvalue weighted by atomic mass is 16.3. The lowest BCUT2D eigenvalue weighted by Crippen LogP contribution is -2.42. The molecule has 1 unspecified atom stereocenters. The van der Waals surface area contributed by atoms with Gasteiger partial charge in [0, 0.05) is 6.54 Å². The van der Waals surface area contributed by atoms with Crippen molar-refractivity contribution in [1.29, 1.82) is 5.26 Å². The molecule has 0 spiro atoms. The highest BCUT2D eigenvalue weighted by Crippen LogP contribution is 2.28. The Balaban J connectivity index is 2.37. The Morgan fingerprint density at radius 1 is 1.47 bits per heavy atom. The minimum Gasteiger partial charge on any atom is -0.394 e. The Hall–Kier alpha value is -1.53. The van der Waals surface area contributed by atoms with Crippen molar-refractivity contribution in [2.45, 2.75) is 32.2 Å². The molecule has 0 radical (unpaired) electrons. The fourth-order valence-corrected chi connectivity index (χ4v) is 2.48. The van der Waals surface area contributed by atoms with Crippen LogP contribution in [0.4, 0.5) is 5.69 Å². The summed E-state index contributed by atoms with van der Waals surface area (Å²) in [6, 6.07) is 8.28. The van der Waals surface area contributed by atoms with Gasteiger partial charge < -0.3 is 10.0 Å². The largest absolute Gasteiger partial charge is 0.394 e. The maximum Gasteiger partial charge on any atom is 0.101 e. The van der Waals surface area contributed by atoms with Gasteiger partial charge in [-0.1, -0.05) is 6.07 Å². The van der Waals surface area contributed by atoms with Crippen molar-refractivity contribution < 1.29 is 5.11 Å². The van der Waals surface area contributed by atoms with Crippen LogP contribution >= 0.6 is 0 Å². The van der Waals surface area contributed by atoms with Crippen molar-refractivity contribution in [2.75, 3.05) is 18.1 Å². The van der Waals surface area contributed by atoms with E-state index in [0.717, 1.165) is 37.1 Å². The van der Waals surface area contributed by atoms with Gasteiger partial charge in [0.15, 0.2) is 0 Å². The van der Waals surface area contributed by atoms with E-state index in [1.165, 1.54) is 0 Å². The minimum atomic E-state index is 0.164. The van der Waals surface area contributed by atoms with Crippen molar-refractivity contribution in [3.8, 4) is 6.07 Å². The number of nitrogens with zero attached hydrogens (tertiary/aromatic N) is 2. The average molecular weight is 230 g/mol. The Morgan fingerprint density at radius 2 is 2.29 bits per heavy atom. The molecule has 1 heterocycles. The van der Waals surface area contributed by atoms with Gasteiger partial charge in [-0.25, -0.2) is 0 Å². The molecule has 17 heavy (non-hydrogen) atoms. The summed E-state index contributed by atoms with van der Waals surface area (Å²) in [5.74, 6) is 0. The second-order valence-electron chi connectivity index (χ2n) is 4.66. The van der Waals surface area contributed by atoms with Crippen LogP contribution in [0.3, 0.4) is 0 Å². The summed E-state index contributed by atoms with van der Waals surface area (Å²) in [5.41, 5.74) is 2.84. The Morgan fingerprint density at radius 3 is 3.00 bits per heavy atom. The summed E-state index contributed by atoms with van der Waals surface area (Å²) in [7, 11) is 0. The van der Waals surface area contributed by atoms with Crippen LogP contribution in [0.1, 0.15) is 30.4 Å². The van der Waals surface area contributed by atoms with Crippen LogP contribution in [-0.2, 0) is 0 Å². The zero-order chi connectivity index (χ0) is 12.3. The molecule has 1 aromatic rings. The molecule has 0 aliphatic carbocycles. The van der Waals surface area contributed by atoms with E-state index in [4.69, 9.17) is 5.26 Å². The van der Waals surface area contributed by atoms with Gasteiger partial charge in [0.25, 0.3) is 0 Å². The van der Waals surface area contributed by atoms with Crippen LogP contribution in [0.15, 0.2) is 18.2 Å². The SMILES string of the molecule is Cc1ccc(C#N)c(N2CCCCC2CO)c1. The van der Waals surface area contributed by atoms with Gasteiger partial charge in [-0.15, -0.1) is 0 Å². The molecule has 1 N–H and O–H groups in total. The second kappa shape index (κ2) is 5.20. The van der Waals surface area contributed by atoms with E-state index in [1.807, 2.05) is 25.1 Å². The molecule has 1 aromatic carbocycles. The summed E-state index contributed by atoms with van der Waals surface area (Å²) in [6.45, 7) is 3.13. The maximum atomic E-state index is 9.43. The summed E-state index contributed by atoms with van der Waals surface area (Å²) in [5, 5.41) is 18.6. The molecule has 90 valence electrons. The monoisotopic (exact) mass is 230 g/mol. The van der Waals surface area contributed by atoms with Gasteiger partial charge in [0.05, 0.1) is 23.9 Å². The third-order valence-corrected chi connectivity index (χ3v) is 3.42. The standard InChI is InChI=1S/C14H18N2O/c1-11-5-6-12(9-15)14(8-11)16-7-3-2-4-13(16)10-17/h5-6,8,13,17H,2-4,7,10H2,1H3. The lowest BCUT2D eigenvalue weighted by atomic mass is 9.99. The zero-order valence-corrected chi connectivity index (χ0v) is 10.2. The Bertz CT molecular complexity index is 436. The molecule has 3 heteroatoms. The Labute approximate surface area is 102 Å². The molecule has 0 amide bonds. The normalized spacial score (nSPS) is 20.1. The van der Waals surface area contributed by atoms with Gasteiger partial charge in [-0.2, -0.15) is 5.26 Å². The first-order valence-electron chi connectivity index (χ1n) is 6.14. The third kappa shape index (κ3) is 2.42. The van der Waals surface area contributed by atoms with Crippen molar-refractivity contribution in [2.24, 2.45) is 0 Å². The highest BCUT2D eigenvalue weighted by Gasteiger charge is 2.23. The van der Waals surface area contributed by atoms with Gasteiger partial charge in [0.1, 0.15) is 6.07 Å². The van der Waals surface area contributed by atoms with E-state index in [0.29, 0.717) is 5.56 Å². The van der Waals surface area contributed by atoms with Gasteiger partial charge in [0.2, 0.25) is 0 Å². The Kier molecular flexibility index (Phi) is 3.65. The molecule has 0 saturated carbocycles. The minimum absolute atomic E-state index is 0.164. The second-order valence-corrected chi connectivity index (χ2v) is 4.66. The molecule has 1 aliphatic rings. The lowest BCUT2D eigenvalue weighted by Gasteiger charge is -2.37. The molecule has 1 aliphatic heterocycles. The first-order valence-corrected chi connectivity index (χ1v) is 6.14. The number of aryl methyl sites for hydroxylation is 1. The number of hydrogen-bond donors (Lipinski definition) is 1. The van der Waals surface area contributed by atoms with E-state index >= 15 is 0 Å². The van der Waals surface area contributed by atoms with Crippen LogP contribution in [0.5, 0.6) is 0 Å². The predicted octanol–water partition coefficient (Wildman–Crippen LogP) is 2.22. The average Bonchev–Trinajstić information content (AvgIpc) is 2.38. The summed E-state index contributed by atoms with van der Waals surface area (Å²) in [6.07, 6.45) is 3.31. The molecular formula is C14H18N2O. The van der Waals surface area contributed by atoms with Gasteiger partial charge in [-0.05, 0) is 43.9 Å². The molecule has 0 aromatic heterocycles. The number of aliphatic hydroxyl groups excluding tert-OH is 1. The first kappa shape index (κ1) is 11.9. The first-order chi connectivity index (χ1) is 8.26. The smallest absolute Gasteiger partial charge is 0.101 e. The number of aliphatic hydroxyl groups is 1. The summed E-state index contributed by atoms with van der Waals surface area (Å²) < 4.78 is 0. The summed E-state index contributed by atoms with van der Waals surface area (Å²) in [4.78, 5) is 2.19. The predicted molar refractivity (Wildman–Crippen MR) is 68.0 cm³/mol. The van der Waals surface area contributed by atoms with Crippen LogP contribution in [0, 0.1) is 18.3 Å². The number of hydrogen-bond acceptors (Lipinski definition) is 3. The van der Waals surface area contributed by atoms with E-state index in [1.54, 1.807) is 0 Å². The van der Waals surface area contributed by atoms with E-state index < -0.39 is 0 Å². The van der Waals surface area contributed by atoms with Gasteiger partial charge in [-0.3, -0.25) is 0 Å². The van der Waals surface area contributed by atoms with E-state index in [9.17, 15) is 5.11 Å². The van der Waals surface area contributed by atoms with E-state index in [-0.39, 0.29) is 12.6 Å². The molecular weight excluding hydrogens is 212 g/mol. The highest BCUT2D eigenvalue weighted by molar-refractivity contribution is 5.61. The number of benzene rings is 1. The molecule has 3 nitrogen and oxygen atoms in total. The fourth-order valence-electron chi connectivity index (χ4n) is 2.48. The van der Waals surface area contributed by atoms with Gasteiger partial charge >= 0.3 is 0 Å². The lowest BCUT2D eigenvalue weighted by molar-refractivity contribution is 0.240. The number of anilines is 1. The van der Waals surface area contributed by atoms with Crippen molar-refractivity contribution in [1.82, 2.24) is 0 Å². The number of rotatable bonds is 2. The molecule has 2 rings (SSSR count). The third-order valence-electron chi connectivity index (χ3n) is 3.42. The topological polar surface area (TPSA) is 47.3 Å². The van der Waals surface area contributed by atoms with E-state index in [2.05, 4.69) is 11.0 Å².